The van der Waals surface area contributed by atoms with Crippen molar-refractivity contribution in [3.05, 3.63) is 0 Å². The second-order valence-electron chi connectivity index (χ2n) is 4.70. The first-order valence-corrected chi connectivity index (χ1v) is 5.62. The van der Waals surface area contributed by atoms with Crippen LogP contribution in [0.5, 0.6) is 0 Å². The van der Waals surface area contributed by atoms with Crippen LogP contribution in [0.1, 0.15) is 26.2 Å². The molecule has 2 aliphatic rings. The zero-order valence-corrected chi connectivity index (χ0v) is 9.21. The van der Waals surface area contributed by atoms with Crippen molar-refractivity contribution >= 4 is 0 Å². The van der Waals surface area contributed by atoms with E-state index in [1.807, 2.05) is 0 Å². The summed E-state index contributed by atoms with van der Waals surface area (Å²) in [6, 6.07) is 0.641. The van der Waals surface area contributed by atoms with Crippen LogP contribution in [-0.2, 0) is 9.47 Å². The van der Waals surface area contributed by atoms with Crippen LogP contribution in [0.4, 0.5) is 0 Å². The lowest BCUT2D eigenvalue weighted by Gasteiger charge is -2.28. The van der Waals surface area contributed by atoms with Gasteiger partial charge in [-0.15, -0.1) is 0 Å². The van der Waals surface area contributed by atoms with Gasteiger partial charge in [0.15, 0.2) is 0 Å². The Morgan fingerprint density at radius 1 is 1.57 bits per heavy atom. The molecule has 1 aliphatic heterocycles. The second kappa shape index (κ2) is 4.17. The molecule has 0 aromatic rings. The van der Waals surface area contributed by atoms with Gasteiger partial charge < -0.3 is 14.8 Å². The summed E-state index contributed by atoms with van der Waals surface area (Å²) in [6.45, 7) is 4.79. The van der Waals surface area contributed by atoms with E-state index in [-0.39, 0.29) is 5.60 Å². The van der Waals surface area contributed by atoms with Gasteiger partial charge in [-0.25, -0.2) is 0 Å². The molecule has 0 amide bonds. The van der Waals surface area contributed by atoms with Gasteiger partial charge in [0.1, 0.15) is 5.60 Å². The van der Waals surface area contributed by atoms with Crippen molar-refractivity contribution in [2.45, 2.75) is 37.8 Å². The minimum atomic E-state index is -0.0524. The van der Waals surface area contributed by atoms with Gasteiger partial charge in [-0.2, -0.15) is 0 Å². The Kier molecular flexibility index (Phi) is 3.10. The Bertz CT molecular complexity index is 186. The zero-order chi connectivity index (χ0) is 10.0. The third kappa shape index (κ3) is 2.27. The molecule has 1 aliphatic carbocycles. The molecule has 0 aromatic heterocycles. The average molecular weight is 199 g/mol. The fraction of sp³-hybridized carbons (Fsp3) is 1.00. The third-order valence-corrected chi connectivity index (χ3v) is 3.58. The highest BCUT2D eigenvalue weighted by molar-refractivity contribution is 4.90. The van der Waals surface area contributed by atoms with Gasteiger partial charge in [0, 0.05) is 32.7 Å². The Labute approximate surface area is 86.2 Å². The SMILES string of the molecule is COC1(CNC(C)C2CC2)CCOC1. The van der Waals surface area contributed by atoms with Crippen LogP contribution in [0, 0.1) is 5.92 Å². The van der Waals surface area contributed by atoms with Gasteiger partial charge in [0.2, 0.25) is 0 Å². The molecule has 14 heavy (non-hydrogen) atoms. The maximum absolute atomic E-state index is 5.56. The van der Waals surface area contributed by atoms with Gasteiger partial charge in [0.25, 0.3) is 0 Å². The van der Waals surface area contributed by atoms with Crippen LogP contribution in [0.3, 0.4) is 0 Å². The van der Waals surface area contributed by atoms with Gasteiger partial charge in [-0.3, -0.25) is 0 Å². The molecule has 0 radical (unpaired) electrons. The summed E-state index contributed by atoms with van der Waals surface area (Å²) < 4.78 is 11.0. The maximum Gasteiger partial charge on any atom is 0.106 e. The summed E-state index contributed by atoms with van der Waals surface area (Å²) in [7, 11) is 1.79. The van der Waals surface area contributed by atoms with Crippen molar-refractivity contribution in [2.75, 3.05) is 26.9 Å². The summed E-state index contributed by atoms with van der Waals surface area (Å²) in [5, 5.41) is 3.57. The summed E-state index contributed by atoms with van der Waals surface area (Å²) in [4.78, 5) is 0. The number of methoxy groups -OCH3 is 1. The first-order chi connectivity index (χ1) is 6.76. The molecular formula is C11H21NO2. The van der Waals surface area contributed by atoms with E-state index in [0.717, 1.165) is 32.1 Å². The van der Waals surface area contributed by atoms with Gasteiger partial charge in [0.05, 0.1) is 6.61 Å². The molecular weight excluding hydrogens is 178 g/mol. The highest BCUT2D eigenvalue weighted by atomic mass is 16.5. The van der Waals surface area contributed by atoms with Crippen LogP contribution in [0.2, 0.25) is 0 Å². The Hall–Kier alpha value is -0.120. The largest absolute Gasteiger partial charge is 0.378 e. The van der Waals surface area contributed by atoms with Crippen LogP contribution < -0.4 is 5.32 Å². The number of rotatable bonds is 5. The van der Waals surface area contributed by atoms with Crippen molar-refractivity contribution < 1.29 is 9.47 Å². The molecule has 2 rings (SSSR count). The van der Waals surface area contributed by atoms with Gasteiger partial charge in [-0.05, 0) is 25.7 Å². The van der Waals surface area contributed by atoms with E-state index in [2.05, 4.69) is 12.2 Å². The molecule has 0 spiro atoms. The molecule has 0 aromatic carbocycles. The van der Waals surface area contributed by atoms with E-state index in [1.54, 1.807) is 7.11 Å². The Balaban J connectivity index is 1.76. The number of nitrogens with one attached hydrogen (secondary N) is 1. The molecule has 3 nitrogen and oxygen atoms in total. The van der Waals surface area contributed by atoms with E-state index in [0.29, 0.717) is 6.04 Å². The minimum Gasteiger partial charge on any atom is -0.378 e. The lowest BCUT2D eigenvalue weighted by molar-refractivity contribution is -0.0175. The van der Waals surface area contributed by atoms with Gasteiger partial charge >= 0.3 is 0 Å². The van der Waals surface area contributed by atoms with Crippen LogP contribution in [0.25, 0.3) is 0 Å². The second-order valence-corrected chi connectivity index (χ2v) is 4.70. The molecule has 3 heteroatoms. The number of hydrogen-bond donors (Lipinski definition) is 1. The fourth-order valence-corrected chi connectivity index (χ4v) is 2.07. The molecule has 2 unspecified atom stereocenters. The van der Waals surface area contributed by atoms with E-state index in [4.69, 9.17) is 9.47 Å². The number of hydrogen-bond acceptors (Lipinski definition) is 3. The zero-order valence-electron chi connectivity index (χ0n) is 9.21. The highest BCUT2D eigenvalue weighted by Crippen LogP contribution is 2.32. The van der Waals surface area contributed by atoms with E-state index in [1.165, 1.54) is 12.8 Å². The maximum atomic E-state index is 5.56. The van der Waals surface area contributed by atoms with Crippen molar-refractivity contribution in [1.82, 2.24) is 5.32 Å². The lowest BCUT2D eigenvalue weighted by atomic mass is 10.0. The predicted octanol–water partition coefficient (Wildman–Crippen LogP) is 1.18. The minimum absolute atomic E-state index is 0.0524. The lowest BCUT2D eigenvalue weighted by Crippen LogP contribution is -2.46. The molecule has 2 fully saturated rings. The van der Waals surface area contributed by atoms with Crippen molar-refractivity contribution in [2.24, 2.45) is 5.92 Å². The Morgan fingerprint density at radius 3 is 2.86 bits per heavy atom. The van der Waals surface area contributed by atoms with Crippen molar-refractivity contribution in [3.8, 4) is 0 Å². The molecule has 1 saturated heterocycles. The summed E-state index contributed by atoms with van der Waals surface area (Å²) in [5.74, 6) is 0.909. The number of ether oxygens (including phenoxy) is 2. The first kappa shape index (κ1) is 10.4. The van der Waals surface area contributed by atoms with Crippen LogP contribution >= 0.6 is 0 Å². The molecule has 1 saturated carbocycles. The quantitative estimate of drug-likeness (QED) is 0.721. The highest BCUT2D eigenvalue weighted by Gasteiger charge is 2.36. The average Bonchev–Trinajstić information content (AvgIpc) is 2.95. The smallest absolute Gasteiger partial charge is 0.106 e. The normalized spacial score (nSPS) is 34.7. The van der Waals surface area contributed by atoms with Crippen LogP contribution in [0.15, 0.2) is 0 Å². The molecule has 2 atom stereocenters. The van der Waals surface area contributed by atoms with Crippen LogP contribution in [-0.4, -0.2) is 38.5 Å². The van der Waals surface area contributed by atoms with E-state index < -0.39 is 0 Å². The standard InChI is InChI=1S/C11H21NO2/c1-9(10-3-4-10)12-7-11(13-2)5-6-14-8-11/h9-10,12H,3-8H2,1-2H3. The summed E-state index contributed by atoms with van der Waals surface area (Å²) in [5.41, 5.74) is -0.0524. The predicted molar refractivity (Wildman–Crippen MR) is 55.4 cm³/mol. The Morgan fingerprint density at radius 2 is 2.36 bits per heavy atom. The summed E-state index contributed by atoms with van der Waals surface area (Å²) >= 11 is 0. The molecule has 1 N–H and O–H groups in total. The van der Waals surface area contributed by atoms with Crippen molar-refractivity contribution in [3.63, 3.8) is 0 Å². The fourth-order valence-electron chi connectivity index (χ4n) is 2.07. The summed E-state index contributed by atoms with van der Waals surface area (Å²) in [6.07, 6.45) is 3.81. The van der Waals surface area contributed by atoms with Gasteiger partial charge in [-0.1, -0.05) is 0 Å². The topological polar surface area (TPSA) is 30.5 Å². The molecule has 1 heterocycles. The monoisotopic (exact) mass is 199 g/mol. The third-order valence-electron chi connectivity index (χ3n) is 3.58. The molecule has 0 bridgehead atoms. The van der Waals surface area contributed by atoms with E-state index >= 15 is 0 Å². The van der Waals surface area contributed by atoms with E-state index in [9.17, 15) is 0 Å². The van der Waals surface area contributed by atoms with Crippen molar-refractivity contribution in [1.29, 1.82) is 0 Å². The molecule has 82 valence electrons. The first-order valence-electron chi connectivity index (χ1n) is 5.62.